The molecule has 0 bridgehead atoms. The number of pyridine rings is 3. The summed E-state index contributed by atoms with van der Waals surface area (Å²) in [7, 11) is 3.61. The Hall–Kier alpha value is -8.05. The van der Waals surface area contributed by atoms with Crippen LogP contribution in [0, 0.1) is 6.92 Å². The smallest absolute Gasteiger partial charge is 0.422 e. The summed E-state index contributed by atoms with van der Waals surface area (Å²) in [5.74, 6) is 0.813. The zero-order valence-corrected chi connectivity index (χ0v) is 37.8. The lowest BCUT2D eigenvalue weighted by Crippen LogP contribution is -2.47. The first-order valence-electron chi connectivity index (χ1n) is 21.3. The number of halogens is 4. The molecule has 0 fully saturated rings. The lowest BCUT2D eigenvalue weighted by molar-refractivity contribution is -0.717. The third-order valence-corrected chi connectivity index (χ3v) is 11.5. The van der Waals surface area contributed by atoms with Crippen molar-refractivity contribution in [2.24, 2.45) is 14.1 Å². The highest BCUT2D eigenvalue weighted by atomic mass is 35.5. The summed E-state index contributed by atoms with van der Waals surface area (Å²) in [6, 6.07) is 23.5. The number of hydrogen-bond acceptors (Lipinski definition) is 9. The largest absolute Gasteiger partial charge is 0.491 e. The minimum atomic E-state index is -4.79. The maximum Gasteiger partial charge on any atom is 0.422 e. The Bertz CT molecular complexity index is 3180. The molecule has 0 spiro atoms. The summed E-state index contributed by atoms with van der Waals surface area (Å²) < 4.78 is 67.4. The van der Waals surface area contributed by atoms with Gasteiger partial charge in [0.1, 0.15) is 46.6 Å². The monoisotopic (exact) mass is 940 g/mol. The second-order valence-corrected chi connectivity index (χ2v) is 16.6. The molecule has 68 heavy (non-hydrogen) atoms. The van der Waals surface area contributed by atoms with Crippen LogP contribution in [0.15, 0.2) is 141 Å². The van der Waals surface area contributed by atoms with Crippen LogP contribution in [0.3, 0.4) is 0 Å². The molecule has 344 valence electrons. The molecule has 0 radical (unpaired) electrons. The summed E-state index contributed by atoms with van der Waals surface area (Å²) in [5.41, 5.74) is 3.31. The molecule has 0 saturated carbocycles. The highest BCUT2D eigenvalue weighted by Crippen LogP contribution is 2.36. The number of ether oxygens (including phenoxy) is 3. The van der Waals surface area contributed by atoms with Gasteiger partial charge >= 0.3 is 6.18 Å². The molecule has 1 unspecified atom stereocenters. The van der Waals surface area contributed by atoms with E-state index in [1.165, 1.54) is 26.6 Å². The van der Waals surface area contributed by atoms with Crippen LogP contribution in [0.25, 0.3) is 22.5 Å². The highest BCUT2D eigenvalue weighted by molar-refractivity contribution is 6.30. The van der Waals surface area contributed by atoms with E-state index in [0.29, 0.717) is 56.2 Å². The van der Waals surface area contributed by atoms with Gasteiger partial charge in [-0.25, -0.2) is 0 Å². The Morgan fingerprint density at radius 1 is 0.824 bits per heavy atom. The number of rotatable bonds is 12. The molecule has 5 aromatic heterocycles. The molecule has 1 aliphatic heterocycles. The fourth-order valence-corrected chi connectivity index (χ4v) is 7.84. The minimum absolute atomic E-state index is 0.00260. The topological polar surface area (TPSA) is 134 Å². The first-order valence-corrected chi connectivity index (χ1v) is 21.7. The average Bonchev–Trinajstić information content (AvgIpc) is 3.94. The van der Waals surface area contributed by atoms with Crippen molar-refractivity contribution < 1.29 is 41.5 Å². The minimum Gasteiger partial charge on any atom is -0.491 e. The highest BCUT2D eigenvalue weighted by Gasteiger charge is 2.37. The van der Waals surface area contributed by atoms with Crippen molar-refractivity contribution in [1.82, 2.24) is 29.5 Å². The SMILES string of the molecule is Cc1ccc(Oc2ccnc(-c3cnn(C)c3)c2)cc1C(=O)N(CC(C)[n+]1cc(N2CCOc3ccc(Oc4ccnc(-c5cnn(C)c5)c4)cc3C2=O)cc(C(F)(F)F)c1)c1ccc(Cl)cc1. The summed E-state index contributed by atoms with van der Waals surface area (Å²) in [4.78, 5) is 40.8. The van der Waals surface area contributed by atoms with Gasteiger partial charge in [0, 0.05) is 78.4 Å². The van der Waals surface area contributed by atoms with Crippen LogP contribution in [0.1, 0.15) is 44.8 Å². The van der Waals surface area contributed by atoms with E-state index in [2.05, 4.69) is 20.2 Å². The summed E-state index contributed by atoms with van der Waals surface area (Å²) in [6.07, 6.45) is 7.87. The molecule has 0 N–H and O–H groups in total. The van der Waals surface area contributed by atoms with Crippen LogP contribution < -0.4 is 28.6 Å². The van der Waals surface area contributed by atoms with E-state index < -0.39 is 29.6 Å². The molecular formula is C50H42ClF3N9O5+. The van der Waals surface area contributed by atoms with Gasteiger partial charge in [-0.15, -0.1) is 0 Å². The Balaban J connectivity index is 1.00. The van der Waals surface area contributed by atoms with Gasteiger partial charge in [-0.05, 0) is 92.2 Å². The van der Waals surface area contributed by atoms with Crippen molar-refractivity contribution in [3.8, 4) is 51.3 Å². The molecule has 3 aromatic carbocycles. The van der Waals surface area contributed by atoms with E-state index in [-0.39, 0.29) is 36.7 Å². The maximum absolute atomic E-state index is 14.8. The van der Waals surface area contributed by atoms with Gasteiger partial charge in [-0.2, -0.15) is 27.9 Å². The standard InChI is InChI=1S/C50H42ClF3N9O5/c1-31-5-10-39(67-41-13-15-55-45(22-41)33-24-57-59(3)27-33)20-43(31)48(64)63(37-8-6-36(51)7-9-37)26-32(2)61-29-35(50(52,53)54)19-38(30-61)62-17-18-66-47-12-11-40(21-44(47)49(62)65)68-42-14-16-56-46(23-42)34-25-58-60(4)28-34/h5-16,19-25,27-30,32H,17-18,26H2,1-4H3/q+1. The van der Waals surface area contributed by atoms with E-state index >= 15 is 0 Å². The molecule has 2 amide bonds. The lowest BCUT2D eigenvalue weighted by atomic mass is 10.1. The number of nitrogens with zero attached hydrogens (tertiary/aromatic N) is 9. The van der Waals surface area contributed by atoms with Gasteiger partial charge in [-0.1, -0.05) is 17.7 Å². The van der Waals surface area contributed by atoms with Crippen molar-refractivity contribution in [3.05, 3.63) is 168 Å². The molecule has 6 heterocycles. The number of benzene rings is 3. The Morgan fingerprint density at radius 2 is 1.43 bits per heavy atom. The van der Waals surface area contributed by atoms with Crippen molar-refractivity contribution in [2.45, 2.75) is 26.1 Å². The van der Waals surface area contributed by atoms with E-state index in [1.54, 1.807) is 134 Å². The van der Waals surface area contributed by atoms with E-state index in [1.807, 2.05) is 19.4 Å². The average molecular weight is 941 g/mol. The third-order valence-electron chi connectivity index (χ3n) is 11.2. The van der Waals surface area contributed by atoms with E-state index in [0.717, 1.165) is 23.4 Å². The number of alkyl halides is 3. The van der Waals surface area contributed by atoms with Gasteiger partial charge in [0.05, 0.1) is 42.4 Å². The van der Waals surface area contributed by atoms with Crippen molar-refractivity contribution in [1.29, 1.82) is 0 Å². The van der Waals surface area contributed by atoms with Crippen molar-refractivity contribution in [2.75, 3.05) is 29.5 Å². The normalized spacial score (nSPS) is 13.1. The van der Waals surface area contributed by atoms with Crippen LogP contribution in [0.5, 0.6) is 28.7 Å². The summed E-state index contributed by atoms with van der Waals surface area (Å²) in [6.45, 7) is 3.33. The number of carbonyl (C=O) groups excluding carboxylic acids is 2. The fourth-order valence-electron chi connectivity index (χ4n) is 7.72. The number of anilines is 2. The predicted molar refractivity (Wildman–Crippen MR) is 247 cm³/mol. The number of hydrogen-bond donors (Lipinski definition) is 0. The van der Waals surface area contributed by atoms with Gasteiger partial charge in [-0.3, -0.25) is 33.8 Å². The molecule has 1 atom stereocenters. The Morgan fingerprint density at radius 3 is 2.03 bits per heavy atom. The molecule has 0 aliphatic carbocycles. The molecule has 1 aliphatic rings. The van der Waals surface area contributed by atoms with Crippen LogP contribution in [0.2, 0.25) is 5.02 Å². The van der Waals surface area contributed by atoms with E-state index in [4.69, 9.17) is 25.8 Å². The molecule has 14 nitrogen and oxygen atoms in total. The molecule has 9 rings (SSSR count). The van der Waals surface area contributed by atoms with Gasteiger partial charge in [0.15, 0.2) is 18.4 Å². The molecule has 0 saturated heterocycles. The molecule has 8 aromatic rings. The summed E-state index contributed by atoms with van der Waals surface area (Å²) in [5, 5.41) is 8.85. The molecule has 18 heteroatoms. The first-order chi connectivity index (χ1) is 32.6. The Kier molecular flexibility index (Phi) is 12.4. The maximum atomic E-state index is 14.8. The van der Waals surface area contributed by atoms with E-state index in [9.17, 15) is 22.8 Å². The quantitative estimate of drug-likeness (QED) is 0.110. The Labute approximate surface area is 393 Å². The van der Waals surface area contributed by atoms with Crippen LogP contribution in [-0.4, -0.2) is 61.0 Å². The summed E-state index contributed by atoms with van der Waals surface area (Å²) >= 11 is 6.28. The zero-order valence-electron chi connectivity index (χ0n) is 37.1. The van der Waals surface area contributed by atoms with Gasteiger partial charge in [0.2, 0.25) is 0 Å². The van der Waals surface area contributed by atoms with Gasteiger partial charge in [0.25, 0.3) is 11.8 Å². The number of aromatic nitrogens is 7. The zero-order chi connectivity index (χ0) is 47.7. The number of amides is 2. The van der Waals surface area contributed by atoms with Crippen molar-refractivity contribution in [3.63, 3.8) is 0 Å². The fraction of sp³-hybridized carbons (Fsp3) is 0.180. The first kappa shape index (κ1) is 45.1. The third kappa shape index (κ3) is 9.88. The van der Waals surface area contributed by atoms with Crippen LogP contribution in [-0.2, 0) is 20.3 Å². The lowest BCUT2D eigenvalue weighted by Gasteiger charge is -2.26. The molecular weight excluding hydrogens is 899 g/mol. The predicted octanol–water partition coefficient (Wildman–Crippen LogP) is 10.1. The number of fused-ring (bicyclic) bond motifs is 1. The van der Waals surface area contributed by atoms with Gasteiger partial charge < -0.3 is 19.1 Å². The van der Waals surface area contributed by atoms with Crippen LogP contribution >= 0.6 is 11.6 Å². The second kappa shape index (κ2) is 18.7. The van der Waals surface area contributed by atoms with Crippen molar-refractivity contribution >= 4 is 34.8 Å². The van der Waals surface area contributed by atoms with Crippen LogP contribution in [0.4, 0.5) is 24.5 Å². The second-order valence-electron chi connectivity index (χ2n) is 16.2. The number of aryl methyl sites for hydroxylation is 3. The number of carbonyl (C=O) groups is 2.